The Morgan fingerprint density at radius 2 is 2.38 bits per heavy atom. The molecule has 0 saturated heterocycles. The molecule has 0 fully saturated rings. The molecule has 1 rings (SSSR count). The standard InChI is InChI=1S/C8H11BrN2O2/c1-4(8(12)13)3-6-7(9)5(2)10-11-6/h4H,3H2,1-2H3,(H,10,11)(H,12,13). The molecule has 1 aromatic rings. The number of aryl methyl sites for hydroxylation is 1. The summed E-state index contributed by atoms with van der Waals surface area (Å²) in [5, 5.41) is 15.5. The molecule has 1 aromatic heterocycles. The fourth-order valence-corrected chi connectivity index (χ4v) is 1.32. The van der Waals surface area contributed by atoms with E-state index in [4.69, 9.17) is 5.11 Å². The van der Waals surface area contributed by atoms with E-state index < -0.39 is 11.9 Å². The summed E-state index contributed by atoms with van der Waals surface area (Å²) in [6.07, 6.45) is 0.445. The number of H-pyrrole nitrogens is 1. The van der Waals surface area contributed by atoms with Crippen LogP contribution >= 0.6 is 15.9 Å². The molecule has 0 amide bonds. The normalized spacial score (nSPS) is 12.8. The molecule has 0 saturated carbocycles. The highest BCUT2D eigenvalue weighted by atomic mass is 79.9. The molecule has 1 heterocycles. The van der Waals surface area contributed by atoms with E-state index in [0.717, 1.165) is 15.9 Å². The van der Waals surface area contributed by atoms with Gasteiger partial charge in [-0.25, -0.2) is 0 Å². The van der Waals surface area contributed by atoms with E-state index in [2.05, 4.69) is 26.1 Å². The Balaban J connectivity index is 2.74. The fraction of sp³-hybridized carbons (Fsp3) is 0.500. The highest BCUT2D eigenvalue weighted by Crippen LogP contribution is 2.20. The number of hydrogen-bond acceptors (Lipinski definition) is 2. The Kier molecular flexibility index (Phi) is 3.08. The van der Waals surface area contributed by atoms with Gasteiger partial charge in [-0.1, -0.05) is 6.92 Å². The first-order valence-corrected chi connectivity index (χ1v) is 4.73. The lowest BCUT2D eigenvalue weighted by atomic mass is 10.1. The van der Waals surface area contributed by atoms with Crippen LogP contribution in [0, 0.1) is 12.8 Å². The topological polar surface area (TPSA) is 66.0 Å². The number of carbonyl (C=O) groups is 1. The third-order valence-corrected chi connectivity index (χ3v) is 2.91. The number of carboxylic acid groups (broad SMARTS) is 1. The zero-order valence-corrected chi connectivity index (χ0v) is 9.05. The lowest BCUT2D eigenvalue weighted by molar-refractivity contribution is -0.141. The van der Waals surface area contributed by atoms with Crippen molar-refractivity contribution in [2.45, 2.75) is 20.3 Å². The van der Waals surface area contributed by atoms with Gasteiger partial charge in [-0.2, -0.15) is 5.10 Å². The molecule has 2 N–H and O–H groups in total. The number of rotatable bonds is 3. The highest BCUT2D eigenvalue weighted by molar-refractivity contribution is 9.10. The molecule has 0 bridgehead atoms. The molecule has 0 radical (unpaired) electrons. The monoisotopic (exact) mass is 246 g/mol. The first kappa shape index (κ1) is 10.2. The van der Waals surface area contributed by atoms with Crippen molar-refractivity contribution in [1.82, 2.24) is 10.2 Å². The summed E-state index contributed by atoms with van der Waals surface area (Å²) < 4.78 is 0.876. The molecule has 13 heavy (non-hydrogen) atoms. The molecule has 0 aromatic carbocycles. The number of halogens is 1. The van der Waals surface area contributed by atoms with Crippen LogP contribution < -0.4 is 0 Å². The Bertz CT molecular complexity index is 322. The lowest BCUT2D eigenvalue weighted by Crippen LogP contribution is -2.12. The van der Waals surface area contributed by atoms with Gasteiger partial charge in [-0.05, 0) is 22.9 Å². The van der Waals surface area contributed by atoms with Gasteiger partial charge >= 0.3 is 5.97 Å². The summed E-state index contributed by atoms with van der Waals surface area (Å²) >= 11 is 3.34. The van der Waals surface area contributed by atoms with E-state index in [-0.39, 0.29) is 0 Å². The number of aromatic nitrogens is 2. The predicted molar refractivity (Wildman–Crippen MR) is 51.5 cm³/mol. The minimum atomic E-state index is -0.799. The number of nitrogens with zero attached hydrogens (tertiary/aromatic N) is 1. The first-order valence-electron chi connectivity index (χ1n) is 3.94. The number of carboxylic acids is 1. The van der Waals surface area contributed by atoms with Crippen LogP contribution in [0.15, 0.2) is 4.47 Å². The Hall–Kier alpha value is -0.840. The van der Waals surface area contributed by atoms with Crippen molar-refractivity contribution in [2.24, 2.45) is 5.92 Å². The number of hydrogen-bond donors (Lipinski definition) is 2. The van der Waals surface area contributed by atoms with Gasteiger partial charge in [0, 0.05) is 12.1 Å². The first-order chi connectivity index (χ1) is 6.02. The molecule has 0 spiro atoms. The van der Waals surface area contributed by atoms with Crippen molar-refractivity contribution in [2.75, 3.05) is 0 Å². The van der Waals surface area contributed by atoms with Gasteiger partial charge in [0.15, 0.2) is 0 Å². The maximum Gasteiger partial charge on any atom is 0.306 e. The fourth-order valence-electron chi connectivity index (χ4n) is 0.979. The van der Waals surface area contributed by atoms with Crippen LogP contribution in [-0.2, 0) is 11.2 Å². The second kappa shape index (κ2) is 3.91. The number of aliphatic carboxylic acids is 1. The van der Waals surface area contributed by atoms with Crippen LogP contribution in [0.1, 0.15) is 18.3 Å². The van der Waals surface area contributed by atoms with E-state index in [1.807, 2.05) is 6.92 Å². The van der Waals surface area contributed by atoms with Crippen molar-refractivity contribution in [1.29, 1.82) is 0 Å². The summed E-state index contributed by atoms with van der Waals surface area (Å²) in [5.41, 5.74) is 1.69. The molecular weight excluding hydrogens is 236 g/mol. The van der Waals surface area contributed by atoms with Crippen LogP contribution in [0.2, 0.25) is 0 Å². The van der Waals surface area contributed by atoms with Crippen molar-refractivity contribution in [3.63, 3.8) is 0 Å². The Morgan fingerprint density at radius 1 is 1.77 bits per heavy atom. The van der Waals surface area contributed by atoms with Crippen LogP contribution in [0.5, 0.6) is 0 Å². The number of aromatic amines is 1. The summed E-state index contributed by atoms with van der Waals surface area (Å²) in [7, 11) is 0. The van der Waals surface area contributed by atoms with E-state index in [9.17, 15) is 4.79 Å². The summed E-state index contributed by atoms with van der Waals surface area (Å²) in [6, 6.07) is 0. The second-order valence-electron chi connectivity index (χ2n) is 3.05. The highest BCUT2D eigenvalue weighted by Gasteiger charge is 2.16. The van der Waals surface area contributed by atoms with Crippen LogP contribution in [0.25, 0.3) is 0 Å². The van der Waals surface area contributed by atoms with E-state index in [0.29, 0.717) is 6.42 Å². The Morgan fingerprint density at radius 3 is 2.77 bits per heavy atom. The maximum atomic E-state index is 10.6. The van der Waals surface area contributed by atoms with Crippen LogP contribution in [0.3, 0.4) is 0 Å². The average Bonchev–Trinajstić information content (AvgIpc) is 2.36. The van der Waals surface area contributed by atoms with Crippen LogP contribution in [0.4, 0.5) is 0 Å². The molecule has 0 aliphatic rings. The van der Waals surface area contributed by atoms with Gasteiger partial charge in [0.2, 0.25) is 0 Å². The maximum absolute atomic E-state index is 10.6. The molecule has 0 aliphatic heterocycles. The summed E-state index contributed by atoms with van der Waals surface area (Å²) in [4.78, 5) is 10.6. The van der Waals surface area contributed by atoms with E-state index in [1.54, 1.807) is 6.92 Å². The summed E-state index contributed by atoms with van der Waals surface area (Å²) in [5.74, 6) is -1.20. The smallest absolute Gasteiger partial charge is 0.306 e. The van der Waals surface area contributed by atoms with E-state index >= 15 is 0 Å². The van der Waals surface area contributed by atoms with E-state index in [1.165, 1.54) is 0 Å². The van der Waals surface area contributed by atoms with Crippen LogP contribution in [-0.4, -0.2) is 21.3 Å². The molecule has 1 atom stereocenters. The van der Waals surface area contributed by atoms with Gasteiger partial charge in [-0.15, -0.1) is 0 Å². The third kappa shape index (κ3) is 2.30. The Labute approximate surface area is 84.5 Å². The number of nitrogens with one attached hydrogen (secondary N) is 1. The minimum Gasteiger partial charge on any atom is -0.481 e. The zero-order chi connectivity index (χ0) is 10.0. The van der Waals surface area contributed by atoms with Crippen molar-refractivity contribution in [3.05, 3.63) is 15.9 Å². The van der Waals surface area contributed by atoms with Crippen molar-refractivity contribution < 1.29 is 9.90 Å². The molecule has 1 unspecified atom stereocenters. The molecule has 0 aliphatic carbocycles. The third-order valence-electron chi connectivity index (χ3n) is 1.86. The predicted octanol–water partition coefficient (Wildman–Crippen LogP) is 1.74. The largest absolute Gasteiger partial charge is 0.481 e. The van der Waals surface area contributed by atoms with Crippen molar-refractivity contribution in [3.8, 4) is 0 Å². The summed E-state index contributed by atoms with van der Waals surface area (Å²) in [6.45, 7) is 3.55. The second-order valence-corrected chi connectivity index (χ2v) is 3.85. The van der Waals surface area contributed by atoms with Gasteiger partial charge < -0.3 is 5.11 Å². The van der Waals surface area contributed by atoms with Gasteiger partial charge in [-0.3, -0.25) is 9.89 Å². The zero-order valence-electron chi connectivity index (χ0n) is 7.47. The quantitative estimate of drug-likeness (QED) is 0.854. The molecule has 72 valence electrons. The minimum absolute atomic E-state index is 0.404. The average molecular weight is 247 g/mol. The van der Waals surface area contributed by atoms with Gasteiger partial charge in [0.05, 0.1) is 16.1 Å². The van der Waals surface area contributed by atoms with Crippen molar-refractivity contribution >= 4 is 21.9 Å². The van der Waals surface area contributed by atoms with Gasteiger partial charge in [0.1, 0.15) is 0 Å². The van der Waals surface area contributed by atoms with Gasteiger partial charge in [0.25, 0.3) is 0 Å². The molecule has 4 nitrogen and oxygen atoms in total. The lowest BCUT2D eigenvalue weighted by Gasteiger charge is -2.02. The molecule has 5 heteroatoms. The SMILES string of the molecule is Cc1[nH]nc(CC(C)C(=O)O)c1Br. The molecular formula is C8H11BrN2O2.